The molecule has 0 amide bonds. The second-order valence-electron chi connectivity index (χ2n) is 7.77. The fourth-order valence-electron chi connectivity index (χ4n) is 2.88. The molecule has 0 bridgehead atoms. The van der Waals surface area contributed by atoms with Crippen molar-refractivity contribution >= 4 is 27.6 Å². The summed E-state index contributed by atoms with van der Waals surface area (Å²) in [5.41, 5.74) is 4.67. The van der Waals surface area contributed by atoms with Crippen LogP contribution in [0.3, 0.4) is 0 Å². The molecule has 0 aliphatic heterocycles. The SMILES string of the molecule is CCN(CC)S(=O)(=O)c1cc([N+](=O)[O-])ccc1NN=Cc1ccc(C(C)(C)C)cc1. The van der Waals surface area contributed by atoms with Gasteiger partial charge in [-0.3, -0.25) is 15.5 Å². The predicted octanol–water partition coefficient (Wildman–Crippen LogP) is 4.37. The second kappa shape index (κ2) is 9.36. The zero-order valence-corrected chi connectivity index (χ0v) is 18.7. The number of sulfonamides is 1. The van der Waals surface area contributed by atoms with Crippen LogP contribution >= 0.6 is 0 Å². The molecular formula is C21H28N4O4S. The molecule has 2 aromatic carbocycles. The van der Waals surface area contributed by atoms with Gasteiger partial charge in [0.2, 0.25) is 10.0 Å². The Morgan fingerprint density at radius 2 is 1.70 bits per heavy atom. The Hall–Kier alpha value is -2.78. The summed E-state index contributed by atoms with van der Waals surface area (Å²) >= 11 is 0. The molecule has 0 atom stereocenters. The van der Waals surface area contributed by atoms with Gasteiger partial charge in [0.25, 0.3) is 5.69 Å². The summed E-state index contributed by atoms with van der Waals surface area (Å²) in [4.78, 5) is 10.3. The van der Waals surface area contributed by atoms with Gasteiger partial charge in [-0.05, 0) is 22.6 Å². The second-order valence-corrected chi connectivity index (χ2v) is 9.68. The number of non-ortho nitro benzene ring substituents is 1. The minimum Gasteiger partial charge on any atom is -0.277 e. The molecule has 2 rings (SSSR count). The van der Waals surface area contributed by atoms with Gasteiger partial charge in [0, 0.05) is 25.2 Å². The summed E-state index contributed by atoms with van der Waals surface area (Å²) in [5.74, 6) is 0. The first kappa shape index (κ1) is 23.5. The summed E-state index contributed by atoms with van der Waals surface area (Å²) in [6.07, 6.45) is 1.57. The van der Waals surface area contributed by atoms with Crippen LogP contribution in [0.2, 0.25) is 0 Å². The number of rotatable bonds is 8. The Bertz CT molecular complexity index is 1020. The van der Waals surface area contributed by atoms with Gasteiger partial charge in [-0.1, -0.05) is 58.9 Å². The van der Waals surface area contributed by atoms with E-state index in [9.17, 15) is 18.5 Å². The molecule has 0 aliphatic rings. The van der Waals surface area contributed by atoms with E-state index in [4.69, 9.17) is 0 Å². The van der Waals surface area contributed by atoms with Gasteiger partial charge in [-0.2, -0.15) is 9.41 Å². The monoisotopic (exact) mass is 432 g/mol. The highest BCUT2D eigenvalue weighted by Crippen LogP contribution is 2.29. The van der Waals surface area contributed by atoms with Crippen molar-refractivity contribution in [3.63, 3.8) is 0 Å². The number of benzene rings is 2. The summed E-state index contributed by atoms with van der Waals surface area (Å²) in [7, 11) is -3.91. The van der Waals surface area contributed by atoms with Gasteiger partial charge in [-0.25, -0.2) is 8.42 Å². The van der Waals surface area contributed by atoms with Crippen molar-refractivity contribution in [2.75, 3.05) is 18.5 Å². The van der Waals surface area contributed by atoms with Crippen LogP contribution in [0.4, 0.5) is 11.4 Å². The van der Waals surface area contributed by atoms with E-state index in [0.29, 0.717) is 0 Å². The molecule has 0 aliphatic carbocycles. The highest BCUT2D eigenvalue weighted by Gasteiger charge is 2.27. The van der Waals surface area contributed by atoms with Crippen LogP contribution in [0.5, 0.6) is 0 Å². The van der Waals surface area contributed by atoms with Crippen molar-refractivity contribution < 1.29 is 13.3 Å². The topological polar surface area (TPSA) is 105 Å². The van der Waals surface area contributed by atoms with Crippen molar-refractivity contribution in [1.82, 2.24) is 4.31 Å². The Labute approximate surface area is 177 Å². The Kier molecular flexibility index (Phi) is 7.33. The fraction of sp³-hybridized carbons (Fsp3) is 0.381. The highest BCUT2D eigenvalue weighted by atomic mass is 32.2. The highest BCUT2D eigenvalue weighted by molar-refractivity contribution is 7.89. The molecule has 8 nitrogen and oxygen atoms in total. The van der Waals surface area contributed by atoms with Crippen molar-refractivity contribution in [3.8, 4) is 0 Å². The average Bonchev–Trinajstić information content (AvgIpc) is 2.68. The van der Waals surface area contributed by atoms with E-state index in [1.165, 1.54) is 22.0 Å². The van der Waals surface area contributed by atoms with Crippen LogP contribution in [-0.4, -0.2) is 37.0 Å². The van der Waals surface area contributed by atoms with Gasteiger partial charge in [-0.15, -0.1) is 0 Å². The maximum Gasteiger partial charge on any atom is 0.270 e. The molecule has 0 fully saturated rings. The van der Waals surface area contributed by atoms with Gasteiger partial charge in [0.05, 0.1) is 16.8 Å². The number of hydrogen-bond donors (Lipinski definition) is 1. The lowest BCUT2D eigenvalue weighted by Gasteiger charge is -2.20. The van der Waals surface area contributed by atoms with Crippen molar-refractivity contribution in [1.29, 1.82) is 0 Å². The third-order valence-electron chi connectivity index (χ3n) is 4.67. The van der Waals surface area contributed by atoms with E-state index in [1.54, 1.807) is 20.1 Å². The van der Waals surface area contributed by atoms with Crippen LogP contribution in [0.25, 0.3) is 0 Å². The number of nitrogens with one attached hydrogen (secondary N) is 1. The summed E-state index contributed by atoms with van der Waals surface area (Å²) in [6.45, 7) is 10.3. The first-order valence-corrected chi connectivity index (χ1v) is 11.1. The lowest BCUT2D eigenvalue weighted by molar-refractivity contribution is -0.385. The Morgan fingerprint density at radius 1 is 1.10 bits per heavy atom. The van der Waals surface area contributed by atoms with E-state index in [-0.39, 0.29) is 34.8 Å². The van der Waals surface area contributed by atoms with Crippen LogP contribution in [-0.2, 0) is 15.4 Å². The number of nitro groups is 1. The number of hydrogen-bond acceptors (Lipinski definition) is 6. The smallest absolute Gasteiger partial charge is 0.270 e. The number of nitro benzene ring substituents is 1. The van der Waals surface area contributed by atoms with Crippen LogP contribution in [0.1, 0.15) is 45.7 Å². The van der Waals surface area contributed by atoms with Gasteiger partial charge in [0.1, 0.15) is 4.90 Å². The molecule has 0 radical (unpaired) electrons. The minimum absolute atomic E-state index is 0.0420. The molecule has 0 spiro atoms. The largest absolute Gasteiger partial charge is 0.277 e. The Balaban J connectivity index is 2.35. The molecule has 9 heteroatoms. The van der Waals surface area contributed by atoms with Crippen molar-refractivity contribution in [3.05, 3.63) is 63.7 Å². The normalized spacial score (nSPS) is 12.5. The Morgan fingerprint density at radius 3 is 2.20 bits per heavy atom. The maximum atomic E-state index is 13.0. The summed E-state index contributed by atoms with van der Waals surface area (Å²) in [6, 6.07) is 11.5. The van der Waals surface area contributed by atoms with Crippen LogP contribution < -0.4 is 5.43 Å². The van der Waals surface area contributed by atoms with Crippen LogP contribution in [0, 0.1) is 10.1 Å². The van der Waals surface area contributed by atoms with E-state index < -0.39 is 14.9 Å². The molecule has 1 N–H and O–H groups in total. The third-order valence-corrected chi connectivity index (χ3v) is 6.76. The molecule has 30 heavy (non-hydrogen) atoms. The zero-order chi connectivity index (χ0) is 22.5. The quantitative estimate of drug-likeness (QED) is 0.379. The lowest BCUT2D eigenvalue weighted by Crippen LogP contribution is -2.31. The van der Waals surface area contributed by atoms with E-state index in [0.717, 1.165) is 11.6 Å². The number of hydrazone groups is 1. The summed E-state index contributed by atoms with van der Waals surface area (Å²) in [5, 5.41) is 15.3. The van der Waals surface area contributed by atoms with Gasteiger partial charge in [0.15, 0.2) is 0 Å². The first-order chi connectivity index (χ1) is 14.0. The van der Waals surface area contributed by atoms with Crippen LogP contribution in [0.15, 0.2) is 52.5 Å². The van der Waals surface area contributed by atoms with Gasteiger partial charge < -0.3 is 0 Å². The molecule has 2 aromatic rings. The third kappa shape index (κ3) is 5.43. The van der Waals surface area contributed by atoms with Gasteiger partial charge >= 0.3 is 0 Å². The standard InChI is InChI=1S/C21H28N4O4S/c1-6-24(7-2)30(28,29)20-14-18(25(26)27)12-13-19(20)23-22-15-16-8-10-17(11-9-16)21(3,4)5/h8-15,23H,6-7H2,1-5H3. The molecule has 0 unspecified atom stereocenters. The molecule has 0 aromatic heterocycles. The first-order valence-electron chi connectivity index (χ1n) is 9.69. The predicted molar refractivity (Wildman–Crippen MR) is 120 cm³/mol. The van der Waals surface area contributed by atoms with Crippen molar-refractivity contribution in [2.45, 2.75) is 44.9 Å². The maximum absolute atomic E-state index is 13.0. The molecular weight excluding hydrogens is 404 g/mol. The minimum atomic E-state index is -3.91. The molecule has 0 heterocycles. The van der Waals surface area contributed by atoms with E-state index in [2.05, 4.69) is 31.3 Å². The average molecular weight is 433 g/mol. The zero-order valence-electron chi connectivity index (χ0n) is 17.9. The van der Waals surface area contributed by atoms with E-state index in [1.807, 2.05) is 24.3 Å². The number of nitrogens with zero attached hydrogens (tertiary/aromatic N) is 3. The number of anilines is 1. The lowest BCUT2D eigenvalue weighted by atomic mass is 9.87. The molecule has 0 saturated heterocycles. The van der Waals surface area contributed by atoms with Crippen molar-refractivity contribution in [2.24, 2.45) is 5.10 Å². The molecule has 162 valence electrons. The van der Waals surface area contributed by atoms with E-state index >= 15 is 0 Å². The fourth-order valence-corrected chi connectivity index (χ4v) is 4.50. The molecule has 0 saturated carbocycles. The summed E-state index contributed by atoms with van der Waals surface area (Å²) < 4.78 is 27.2.